The molecule has 12 heteroatoms. The third kappa shape index (κ3) is 3.48. The van der Waals surface area contributed by atoms with Crippen molar-refractivity contribution < 1.29 is 31.5 Å². The summed E-state index contributed by atoms with van der Waals surface area (Å²) in [6.45, 7) is 1.42. The minimum Gasteiger partial charge on any atom is -0.395 e. The van der Waals surface area contributed by atoms with Crippen molar-refractivity contribution in [3.8, 4) is 29.0 Å². The Balaban J connectivity index is 1.42. The number of hydrogen-bond acceptors (Lipinski definition) is 7. The van der Waals surface area contributed by atoms with Gasteiger partial charge in [-0.05, 0) is 36.1 Å². The van der Waals surface area contributed by atoms with E-state index in [1.54, 1.807) is 19.2 Å². The van der Waals surface area contributed by atoms with Gasteiger partial charge in [-0.25, -0.2) is 13.4 Å². The second-order valence-electron chi connectivity index (χ2n) is 9.31. The second-order valence-corrected chi connectivity index (χ2v) is 11.5. The molecular weight excluding hydrogens is 506 g/mol. The zero-order valence-corrected chi connectivity index (χ0v) is 20.6. The van der Waals surface area contributed by atoms with E-state index in [4.69, 9.17) is 0 Å². The predicted molar refractivity (Wildman–Crippen MR) is 126 cm³/mol. The summed E-state index contributed by atoms with van der Waals surface area (Å²) < 4.78 is 63.6. The van der Waals surface area contributed by atoms with Crippen LogP contribution in [0.5, 0.6) is 11.5 Å². The molecule has 1 fully saturated rings. The summed E-state index contributed by atoms with van der Waals surface area (Å²) in [5.74, 6) is -1.00. The number of nitrogens with zero attached hydrogens (tertiary/aromatic N) is 4. The van der Waals surface area contributed by atoms with Crippen LogP contribution in [0, 0.1) is 11.3 Å². The highest BCUT2D eigenvalue weighted by molar-refractivity contribution is 7.91. The van der Waals surface area contributed by atoms with Crippen LogP contribution in [-0.2, 0) is 28.8 Å². The lowest BCUT2D eigenvalue weighted by molar-refractivity contribution is -0.286. The van der Waals surface area contributed by atoms with Crippen molar-refractivity contribution in [1.82, 2.24) is 9.55 Å². The van der Waals surface area contributed by atoms with Gasteiger partial charge in [0.2, 0.25) is 0 Å². The molecule has 1 amide bonds. The van der Waals surface area contributed by atoms with Crippen LogP contribution in [0.15, 0.2) is 41.4 Å². The number of alkyl halides is 2. The number of hydrogen-bond donors (Lipinski definition) is 0. The average Bonchev–Trinajstić information content (AvgIpc) is 3.38. The monoisotopic (exact) mass is 526 g/mol. The molecule has 190 valence electrons. The third-order valence-corrected chi connectivity index (χ3v) is 8.85. The Hall–Kier alpha value is -3.98. The third-order valence-electron chi connectivity index (χ3n) is 7.05. The molecule has 3 aromatic rings. The molecule has 0 spiro atoms. The van der Waals surface area contributed by atoms with Crippen LogP contribution in [-0.4, -0.2) is 35.9 Å². The highest BCUT2D eigenvalue weighted by Gasteiger charge is 2.46. The minimum atomic E-state index is -3.83. The van der Waals surface area contributed by atoms with Gasteiger partial charge in [0.1, 0.15) is 5.82 Å². The molecule has 0 atom stereocenters. The maximum Gasteiger partial charge on any atom is 0.586 e. The normalized spacial score (nSPS) is 18.6. The van der Waals surface area contributed by atoms with Gasteiger partial charge in [-0.2, -0.15) is 5.26 Å². The fourth-order valence-electron chi connectivity index (χ4n) is 4.84. The van der Waals surface area contributed by atoms with Crippen molar-refractivity contribution >= 4 is 21.6 Å². The lowest BCUT2D eigenvalue weighted by Gasteiger charge is -2.15. The molecule has 2 aromatic carbocycles. The number of sulfone groups is 1. The highest BCUT2D eigenvalue weighted by Crippen LogP contribution is 2.48. The number of anilines is 1. The first kappa shape index (κ1) is 23.4. The van der Waals surface area contributed by atoms with Crippen molar-refractivity contribution in [2.24, 2.45) is 7.05 Å². The Morgan fingerprint density at radius 2 is 1.78 bits per heavy atom. The van der Waals surface area contributed by atoms with Crippen LogP contribution < -0.4 is 14.4 Å². The van der Waals surface area contributed by atoms with Crippen molar-refractivity contribution in [2.75, 3.05) is 10.7 Å². The average molecular weight is 527 g/mol. The maximum absolute atomic E-state index is 13.5. The van der Waals surface area contributed by atoms with E-state index in [0.717, 1.165) is 18.4 Å². The molecule has 0 saturated heterocycles. The number of halogens is 2. The Kier molecular flexibility index (Phi) is 4.76. The number of ether oxygens (including phenoxy) is 2. The summed E-state index contributed by atoms with van der Waals surface area (Å²) in [5, 5.41) is 9.35. The number of carbonyl (C=O) groups is 1. The molecule has 37 heavy (non-hydrogen) atoms. The second kappa shape index (κ2) is 7.52. The molecule has 3 aliphatic rings. The zero-order valence-electron chi connectivity index (χ0n) is 19.8. The zero-order chi connectivity index (χ0) is 26.3. The van der Waals surface area contributed by atoms with E-state index in [0.29, 0.717) is 17.0 Å². The smallest absolute Gasteiger partial charge is 0.395 e. The van der Waals surface area contributed by atoms with Gasteiger partial charge in [-0.3, -0.25) is 9.69 Å². The quantitative estimate of drug-likeness (QED) is 0.495. The van der Waals surface area contributed by atoms with Crippen molar-refractivity contribution in [2.45, 2.75) is 43.0 Å². The van der Waals surface area contributed by atoms with Crippen LogP contribution in [0.1, 0.15) is 41.3 Å². The van der Waals surface area contributed by atoms with Crippen LogP contribution in [0.25, 0.3) is 11.4 Å². The molecule has 0 bridgehead atoms. The fraction of sp³-hybridized carbons (Fsp3) is 0.320. The molecule has 1 aromatic heterocycles. The van der Waals surface area contributed by atoms with E-state index >= 15 is 0 Å². The Labute approximate surface area is 210 Å². The SMILES string of the molecule is CCS(=O)(=O)c1c(N2Cc3cc4c(cc3C2=O)OC(F)(F)O4)nc(-c2ccc(C3(C#N)CC3)cc2)n1C. The first-order valence-corrected chi connectivity index (χ1v) is 13.2. The lowest BCUT2D eigenvalue weighted by Crippen LogP contribution is -2.26. The Bertz CT molecular complexity index is 1640. The largest absolute Gasteiger partial charge is 0.586 e. The van der Waals surface area contributed by atoms with Gasteiger partial charge >= 0.3 is 6.29 Å². The lowest BCUT2D eigenvalue weighted by atomic mass is 9.96. The summed E-state index contributed by atoms with van der Waals surface area (Å²) in [4.78, 5) is 19.1. The number of amides is 1. The number of nitriles is 1. The number of benzene rings is 2. The Morgan fingerprint density at radius 1 is 1.14 bits per heavy atom. The summed E-state index contributed by atoms with van der Waals surface area (Å²) in [7, 11) is -2.27. The van der Waals surface area contributed by atoms with Crippen LogP contribution >= 0.6 is 0 Å². The topological polar surface area (TPSA) is 115 Å². The molecule has 6 rings (SSSR count). The molecule has 1 aliphatic carbocycles. The highest BCUT2D eigenvalue weighted by atomic mass is 32.2. The van der Waals surface area contributed by atoms with Gasteiger partial charge < -0.3 is 14.0 Å². The summed E-state index contributed by atoms with van der Waals surface area (Å²) in [5.41, 5.74) is 1.53. The molecule has 0 radical (unpaired) electrons. The van der Waals surface area contributed by atoms with E-state index in [9.17, 15) is 27.3 Å². The molecule has 9 nitrogen and oxygen atoms in total. The molecule has 0 unspecified atom stereocenters. The van der Waals surface area contributed by atoms with Gasteiger partial charge in [0.25, 0.3) is 5.91 Å². The van der Waals surface area contributed by atoms with E-state index in [1.807, 2.05) is 12.1 Å². The predicted octanol–water partition coefficient (Wildman–Crippen LogP) is 3.92. The number of imidazole rings is 1. The number of aromatic nitrogens is 2. The minimum absolute atomic E-state index is 0.0485. The van der Waals surface area contributed by atoms with Crippen LogP contribution in [0.3, 0.4) is 0 Å². The first-order chi connectivity index (χ1) is 17.5. The number of fused-ring (bicyclic) bond motifs is 2. The van der Waals surface area contributed by atoms with E-state index < -0.39 is 27.5 Å². The van der Waals surface area contributed by atoms with E-state index in [-0.39, 0.29) is 40.2 Å². The molecule has 0 N–H and O–H groups in total. The molecule has 1 saturated carbocycles. The van der Waals surface area contributed by atoms with Gasteiger partial charge in [0.05, 0.1) is 23.8 Å². The van der Waals surface area contributed by atoms with Crippen molar-refractivity contribution in [3.05, 3.63) is 53.1 Å². The van der Waals surface area contributed by atoms with Gasteiger partial charge in [0, 0.05) is 18.2 Å². The van der Waals surface area contributed by atoms with Crippen molar-refractivity contribution in [1.29, 1.82) is 5.26 Å². The molecule has 2 aliphatic heterocycles. The van der Waals surface area contributed by atoms with Gasteiger partial charge in [-0.1, -0.05) is 31.2 Å². The fourth-order valence-corrected chi connectivity index (χ4v) is 6.05. The van der Waals surface area contributed by atoms with E-state index in [2.05, 4.69) is 20.5 Å². The maximum atomic E-state index is 13.5. The van der Waals surface area contributed by atoms with Crippen LogP contribution in [0.2, 0.25) is 0 Å². The van der Waals surface area contributed by atoms with Crippen LogP contribution in [0.4, 0.5) is 14.6 Å². The van der Waals surface area contributed by atoms with Gasteiger partial charge in [0.15, 0.2) is 32.2 Å². The summed E-state index contributed by atoms with van der Waals surface area (Å²) >= 11 is 0. The summed E-state index contributed by atoms with van der Waals surface area (Å²) in [6.07, 6.45) is -2.23. The number of carbonyl (C=O) groups excluding carboxylic acids is 1. The number of rotatable bonds is 5. The van der Waals surface area contributed by atoms with Gasteiger partial charge in [-0.15, -0.1) is 8.78 Å². The van der Waals surface area contributed by atoms with E-state index in [1.165, 1.54) is 28.5 Å². The molecule has 3 heterocycles. The Morgan fingerprint density at radius 3 is 2.38 bits per heavy atom. The molecular formula is C25H20F2N4O5S. The standard InChI is InChI=1S/C25H20F2N4O5S/c1-3-37(33,34)23-21(29-20(30(23)2)14-4-6-16(7-5-14)24(13-28)8-9-24)31-12-15-10-18-19(11-17(15)22(31)32)36-25(26,27)35-18/h4-7,10-11H,3,8-9,12H2,1-2H3. The first-order valence-electron chi connectivity index (χ1n) is 11.5. The van der Waals surface area contributed by atoms with Crippen molar-refractivity contribution in [3.63, 3.8) is 0 Å². The summed E-state index contributed by atoms with van der Waals surface area (Å²) in [6, 6.07) is 12.0.